The van der Waals surface area contributed by atoms with Crippen molar-refractivity contribution in [1.29, 1.82) is 0 Å². The first-order chi connectivity index (χ1) is 17.8. The number of unbranched alkanes of at least 4 members (excludes halogenated alkanes) is 18. The fourth-order valence-electron chi connectivity index (χ4n) is 5.01. The Hall–Kier alpha value is -0.200. The Bertz CT molecular complexity index is 412. The van der Waals surface area contributed by atoms with Crippen LogP contribution in [0.5, 0.6) is 0 Å². The molecule has 0 aromatic rings. The van der Waals surface area contributed by atoms with Gasteiger partial charge in [-0.2, -0.15) is 0 Å². The number of rotatable bonds is 30. The third kappa shape index (κ3) is 28.6. The van der Waals surface area contributed by atoms with E-state index < -0.39 is 11.6 Å². The number of ether oxygens (including phenoxy) is 1. The van der Waals surface area contributed by atoms with Crippen molar-refractivity contribution < 1.29 is 25.2 Å². The van der Waals surface area contributed by atoms with Crippen molar-refractivity contribution in [2.24, 2.45) is 0 Å². The average Bonchev–Trinajstić information content (AvgIpc) is 2.85. The lowest BCUT2D eigenvalue weighted by Crippen LogP contribution is -2.27. The smallest absolute Gasteiger partial charge is 0.162 e. The largest absolute Gasteiger partial charge is 0.381 e. The van der Waals surface area contributed by atoms with Crippen molar-refractivity contribution in [2.45, 2.75) is 192 Å². The van der Waals surface area contributed by atoms with Crippen LogP contribution in [0, 0.1) is 0 Å². The summed E-state index contributed by atoms with van der Waals surface area (Å²) in [6.45, 7) is 6.06. The van der Waals surface area contributed by atoms with E-state index in [0.717, 1.165) is 103 Å². The van der Waals surface area contributed by atoms with Crippen LogP contribution in [0.15, 0.2) is 0 Å². The Morgan fingerprint density at radius 2 is 0.595 bits per heavy atom. The van der Waals surface area contributed by atoms with Crippen LogP contribution in [0.25, 0.3) is 0 Å². The predicted molar refractivity (Wildman–Crippen MR) is 157 cm³/mol. The summed E-state index contributed by atoms with van der Waals surface area (Å²) >= 11 is 0. The average molecular weight is 531 g/mol. The van der Waals surface area contributed by atoms with E-state index in [9.17, 15) is 20.4 Å². The minimum Gasteiger partial charge on any atom is -0.381 e. The molecule has 0 aliphatic carbocycles. The van der Waals surface area contributed by atoms with Crippen molar-refractivity contribution in [2.75, 3.05) is 13.2 Å². The highest BCUT2D eigenvalue weighted by Gasteiger charge is 2.22. The molecule has 4 N–H and O–H groups in total. The molecule has 224 valence electrons. The van der Waals surface area contributed by atoms with Crippen molar-refractivity contribution >= 4 is 0 Å². The zero-order valence-corrected chi connectivity index (χ0v) is 25.0. The molecule has 0 atom stereocenters. The van der Waals surface area contributed by atoms with Crippen molar-refractivity contribution in [3.8, 4) is 0 Å². The molecule has 0 fully saturated rings. The zero-order chi connectivity index (χ0) is 27.5. The van der Waals surface area contributed by atoms with Gasteiger partial charge in [0.2, 0.25) is 0 Å². The second kappa shape index (κ2) is 26.0. The molecule has 0 spiro atoms. The highest BCUT2D eigenvalue weighted by molar-refractivity contribution is 4.66. The normalized spacial score (nSPS) is 12.5. The van der Waals surface area contributed by atoms with E-state index in [1.165, 1.54) is 51.4 Å². The molecule has 0 saturated carbocycles. The molecule has 5 heteroatoms. The van der Waals surface area contributed by atoms with Crippen LogP contribution < -0.4 is 0 Å². The van der Waals surface area contributed by atoms with Crippen LogP contribution in [0.3, 0.4) is 0 Å². The minimum atomic E-state index is -1.47. The summed E-state index contributed by atoms with van der Waals surface area (Å²) in [4.78, 5) is 0. The van der Waals surface area contributed by atoms with Gasteiger partial charge in [0, 0.05) is 38.9 Å². The molecule has 0 amide bonds. The maximum atomic E-state index is 10.1. The van der Waals surface area contributed by atoms with Crippen LogP contribution in [0.1, 0.15) is 181 Å². The number of aliphatic hydroxyl groups is 4. The van der Waals surface area contributed by atoms with E-state index in [1.54, 1.807) is 0 Å². The Balaban J connectivity index is 3.36. The highest BCUT2D eigenvalue weighted by atomic mass is 16.5. The van der Waals surface area contributed by atoms with E-state index in [1.807, 2.05) is 0 Å². The van der Waals surface area contributed by atoms with Crippen LogP contribution in [0.2, 0.25) is 0 Å². The maximum absolute atomic E-state index is 10.1. The van der Waals surface area contributed by atoms with Crippen molar-refractivity contribution in [1.82, 2.24) is 0 Å². The molecule has 0 aromatic carbocycles. The molecule has 0 aliphatic heterocycles. The van der Waals surface area contributed by atoms with Gasteiger partial charge in [0.05, 0.1) is 0 Å². The van der Waals surface area contributed by atoms with E-state index in [0.29, 0.717) is 25.7 Å². The second-order valence-electron chi connectivity index (χ2n) is 11.6. The van der Waals surface area contributed by atoms with Gasteiger partial charge in [0.15, 0.2) is 11.6 Å². The van der Waals surface area contributed by atoms with Crippen molar-refractivity contribution in [3.63, 3.8) is 0 Å². The van der Waals surface area contributed by atoms with E-state index in [4.69, 9.17) is 4.74 Å². The standard InChI is InChI=1S/C32H66O5/c1-3-5-7-9-13-19-25-31(33,34)27-21-15-11-17-23-29-37-30-24-18-12-16-22-28-32(35,36)26-20-14-10-8-6-4-2/h33-36H,3-30H2,1-2H3. The second-order valence-corrected chi connectivity index (χ2v) is 11.6. The SMILES string of the molecule is CCCCCCCCC(O)(O)CCCCCCCOCCCCCCCC(O)(O)CCCCCCCC. The maximum Gasteiger partial charge on any atom is 0.162 e. The summed E-state index contributed by atoms with van der Waals surface area (Å²) in [5.74, 6) is -2.94. The minimum absolute atomic E-state index is 0.495. The third-order valence-corrected chi connectivity index (χ3v) is 7.59. The fourth-order valence-corrected chi connectivity index (χ4v) is 5.01. The van der Waals surface area contributed by atoms with Gasteiger partial charge in [-0.3, -0.25) is 0 Å². The molecule has 0 unspecified atom stereocenters. The quantitative estimate of drug-likeness (QED) is 0.0552. The molecular weight excluding hydrogens is 464 g/mol. The molecule has 0 bridgehead atoms. The molecule has 0 rings (SSSR count). The molecule has 0 aliphatic rings. The Morgan fingerprint density at radius 1 is 0.351 bits per heavy atom. The van der Waals surface area contributed by atoms with Gasteiger partial charge < -0.3 is 25.2 Å². The van der Waals surface area contributed by atoms with Crippen molar-refractivity contribution in [3.05, 3.63) is 0 Å². The molecule has 0 heterocycles. The summed E-state index contributed by atoms with van der Waals surface area (Å²) < 4.78 is 5.75. The lowest BCUT2D eigenvalue weighted by atomic mass is 9.99. The summed E-state index contributed by atoms with van der Waals surface area (Å²) in [6.07, 6.45) is 26.7. The van der Waals surface area contributed by atoms with Gasteiger partial charge in [-0.1, -0.05) is 117 Å². The van der Waals surface area contributed by atoms with E-state index in [2.05, 4.69) is 13.8 Å². The molecule has 0 aromatic heterocycles. The summed E-state index contributed by atoms with van der Waals surface area (Å²) in [5, 5.41) is 40.5. The summed E-state index contributed by atoms with van der Waals surface area (Å²) in [7, 11) is 0. The van der Waals surface area contributed by atoms with Crippen LogP contribution >= 0.6 is 0 Å². The molecular formula is C32H66O5. The van der Waals surface area contributed by atoms with Gasteiger partial charge in [0.1, 0.15) is 0 Å². The summed E-state index contributed by atoms with van der Waals surface area (Å²) in [5.41, 5.74) is 0. The first-order valence-electron chi connectivity index (χ1n) is 16.3. The van der Waals surface area contributed by atoms with Gasteiger partial charge in [-0.15, -0.1) is 0 Å². The first-order valence-corrected chi connectivity index (χ1v) is 16.3. The van der Waals surface area contributed by atoms with Crippen LogP contribution in [-0.4, -0.2) is 45.2 Å². The molecule has 0 saturated heterocycles. The molecule has 5 nitrogen and oxygen atoms in total. The lowest BCUT2D eigenvalue weighted by Gasteiger charge is -2.21. The highest BCUT2D eigenvalue weighted by Crippen LogP contribution is 2.22. The Morgan fingerprint density at radius 3 is 0.892 bits per heavy atom. The van der Waals surface area contributed by atoms with E-state index in [-0.39, 0.29) is 0 Å². The van der Waals surface area contributed by atoms with Gasteiger partial charge in [-0.25, -0.2) is 0 Å². The van der Waals surface area contributed by atoms with Gasteiger partial charge >= 0.3 is 0 Å². The monoisotopic (exact) mass is 530 g/mol. The van der Waals surface area contributed by atoms with Crippen LogP contribution in [-0.2, 0) is 4.74 Å². The van der Waals surface area contributed by atoms with E-state index >= 15 is 0 Å². The first kappa shape index (κ1) is 36.8. The van der Waals surface area contributed by atoms with Gasteiger partial charge in [-0.05, 0) is 38.5 Å². The third-order valence-electron chi connectivity index (χ3n) is 7.59. The summed E-state index contributed by atoms with van der Waals surface area (Å²) in [6, 6.07) is 0. The Labute approximate surface area is 230 Å². The zero-order valence-electron chi connectivity index (χ0n) is 25.0. The van der Waals surface area contributed by atoms with Gasteiger partial charge in [0.25, 0.3) is 0 Å². The fraction of sp³-hybridized carbons (Fsp3) is 1.00. The predicted octanol–water partition coefficient (Wildman–Crippen LogP) is 8.55. The number of hydrogen-bond acceptors (Lipinski definition) is 5. The molecule has 37 heavy (non-hydrogen) atoms. The number of hydrogen-bond donors (Lipinski definition) is 4. The van der Waals surface area contributed by atoms with Crippen LogP contribution in [0.4, 0.5) is 0 Å². The Kier molecular flexibility index (Phi) is 25.9. The molecule has 0 radical (unpaired) electrons. The lowest BCUT2D eigenvalue weighted by molar-refractivity contribution is -0.172. The topological polar surface area (TPSA) is 90.2 Å².